The van der Waals surface area contributed by atoms with E-state index in [1.807, 2.05) is 11.6 Å². The fraction of sp³-hybridized carbons (Fsp3) is 0.750. The van der Waals surface area contributed by atoms with Gasteiger partial charge in [0.15, 0.2) is 0 Å². The van der Waals surface area contributed by atoms with Crippen molar-refractivity contribution in [1.29, 1.82) is 0 Å². The van der Waals surface area contributed by atoms with E-state index in [0.29, 0.717) is 5.41 Å². The molecule has 1 aromatic rings. The summed E-state index contributed by atoms with van der Waals surface area (Å²) in [4.78, 5) is 0. The van der Waals surface area contributed by atoms with E-state index < -0.39 is 0 Å². The van der Waals surface area contributed by atoms with E-state index in [-0.39, 0.29) is 0 Å². The molecule has 1 fully saturated rings. The molecule has 2 N–H and O–H groups in total. The summed E-state index contributed by atoms with van der Waals surface area (Å²) in [6.45, 7) is 7.75. The highest BCUT2D eigenvalue weighted by atomic mass is 15.3. The minimum Gasteiger partial charge on any atom is -0.396 e. The first kappa shape index (κ1) is 10.5. The SMILES string of the molecule is Cc1c(N)cnn1CCCC1CC1(C)C. The standard InChI is InChI=1S/C12H21N3/c1-9-11(13)8-14-15(9)6-4-5-10-7-12(10,2)3/h8,10H,4-7,13H2,1-3H3. The molecule has 3 heteroatoms. The molecule has 0 amide bonds. The van der Waals surface area contributed by atoms with Crippen LogP contribution in [-0.4, -0.2) is 9.78 Å². The van der Waals surface area contributed by atoms with Crippen molar-refractivity contribution >= 4 is 5.69 Å². The molecule has 0 spiro atoms. The summed E-state index contributed by atoms with van der Waals surface area (Å²) < 4.78 is 2.02. The number of anilines is 1. The van der Waals surface area contributed by atoms with Crippen molar-refractivity contribution in [1.82, 2.24) is 9.78 Å². The van der Waals surface area contributed by atoms with Crippen LogP contribution >= 0.6 is 0 Å². The van der Waals surface area contributed by atoms with Crippen LogP contribution < -0.4 is 5.73 Å². The van der Waals surface area contributed by atoms with Crippen LogP contribution in [0.5, 0.6) is 0 Å². The lowest BCUT2D eigenvalue weighted by atomic mass is 10.1. The number of nitrogens with two attached hydrogens (primary N) is 1. The van der Waals surface area contributed by atoms with Gasteiger partial charge in [-0.3, -0.25) is 4.68 Å². The van der Waals surface area contributed by atoms with E-state index in [0.717, 1.165) is 23.8 Å². The van der Waals surface area contributed by atoms with Gasteiger partial charge in [0.05, 0.1) is 17.6 Å². The second kappa shape index (κ2) is 3.54. The molecule has 84 valence electrons. The summed E-state index contributed by atoms with van der Waals surface area (Å²) in [7, 11) is 0. The highest BCUT2D eigenvalue weighted by molar-refractivity contribution is 5.39. The normalized spacial score (nSPS) is 23.0. The summed E-state index contributed by atoms with van der Waals surface area (Å²) >= 11 is 0. The minimum absolute atomic E-state index is 0.609. The summed E-state index contributed by atoms with van der Waals surface area (Å²) in [5.41, 5.74) is 8.26. The minimum atomic E-state index is 0.609. The largest absolute Gasteiger partial charge is 0.396 e. The van der Waals surface area contributed by atoms with Crippen LogP contribution in [0.3, 0.4) is 0 Å². The quantitative estimate of drug-likeness (QED) is 0.824. The highest BCUT2D eigenvalue weighted by Crippen LogP contribution is 2.54. The maximum Gasteiger partial charge on any atom is 0.0730 e. The molecule has 1 aliphatic rings. The topological polar surface area (TPSA) is 43.8 Å². The molecule has 0 aromatic carbocycles. The monoisotopic (exact) mass is 207 g/mol. The molecular weight excluding hydrogens is 186 g/mol. The highest BCUT2D eigenvalue weighted by Gasteiger charge is 2.44. The smallest absolute Gasteiger partial charge is 0.0730 e. The average Bonchev–Trinajstić information content (AvgIpc) is 2.65. The van der Waals surface area contributed by atoms with E-state index in [1.165, 1.54) is 19.3 Å². The van der Waals surface area contributed by atoms with Gasteiger partial charge in [-0.15, -0.1) is 0 Å². The zero-order valence-corrected chi connectivity index (χ0v) is 9.95. The van der Waals surface area contributed by atoms with Gasteiger partial charge in [0, 0.05) is 6.54 Å². The van der Waals surface area contributed by atoms with Gasteiger partial charge >= 0.3 is 0 Å². The van der Waals surface area contributed by atoms with Gasteiger partial charge in [0.1, 0.15) is 0 Å². The summed E-state index contributed by atoms with van der Waals surface area (Å²) in [5.74, 6) is 0.936. The van der Waals surface area contributed by atoms with Gasteiger partial charge in [-0.25, -0.2) is 0 Å². The lowest BCUT2D eigenvalue weighted by Gasteiger charge is -2.05. The Balaban J connectivity index is 1.77. The van der Waals surface area contributed by atoms with Crippen LogP contribution in [0, 0.1) is 18.3 Å². The average molecular weight is 207 g/mol. The number of nitrogens with zero attached hydrogens (tertiary/aromatic N) is 2. The molecule has 0 radical (unpaired) electrons. The van der Waals surface area contributed by atoms with Gasteiger partial charge in [-0.05, 0) is 37.5 Å². The molecule has 1 atom stereocenters. The van der Waals surface area contributed by atoms with Gasteiger partial charge < -0.3 is 5.73 Å². The molecule has 2 rings (SSSR count). The van der Waals surface area contributed by atoms with Gasteiger partial charge in [-0.2, -0.15) is 5.10 Å². The van der Waals surface area contributed by atoms with Crippen molar-refractivity contribution in [2.24, 2.45) is 11.3 Å². The Bertz CT molecular complexity index is 352. The maximum absolute atomic E-state index is 5.74. The van der Waals surface area contributed by atoms with Gasteiger partial charge in [-0.1, -0.05) is 13.8 Å². The summed E-state index contributed by atoms with van der Waals surface area (Å²) in [5, 5.41) is 4.26. The Morgan fingerprint density at radius 3 is 2.73 bits per heavy atom. The molecular formula is C12H21N3. The number of hydrogen-bond donors (Lipinski definition) is 1. The third-order valence-electron chi connectivity index (χ3n) is 3.78. The van der Waals surface area contributed by atoms with Crippen molar-refractivity contribution in [3.63, 3.8) is 0 Å². The number of aromatic nitrogens is 2. The van der Waals surface area contributed by atoms with Crippen LogP contribution in [0.2, 0.25) is 0 Å². The fourth-order valence-electron chi connectivity index (χ4n) is 2.24. The van der Waals surface area contributed by atoms with E-state index >= 15 is 0 Å². The predicted octanol–water partition coefficient (Wildman–Crippen LogP) is 2.60. The number of nitrogen functional groups attached to an aromatic ring is 1. The van der Waals surface area contributed by atoms with E-state index in [1.54, 1.807) is 6.20 Å². The Kier molecular flexibility index (Phi) is 2.49. The molecule has 15 heavy (non-hydrogen) atoms. The Morgan fingerprint density at radius 1 is 1.60 bits per heavy atom. The Labute approximate surface area is 91.7 Å². The third-order valence-corrected chi connectivity index (χ3v) is 3.78. The van der Waals surface area contributed by atoms with E-state index in [2.05, 4.69) is 18.9 Å². The molecule has 1 aromatic heterocycles. The van der Waals surface area contributed by atoms with Crippen LogP contribution in [0.15, 0.2) is 6.20 Å². The van der Waals surface area contributed by atoms with Crippen LogP contribution in [0.1, 0.15) is 38.8 Å². The lowest BCUT2D eigenvalue weighted by Crippen LogP contribution is -2.03. The van der Waals surface area contributed by atoms with Crippen molar-refractivity contribution in [3.05, 3.63) is 11.9 Å². The molecule has 0 aliphatic heterocycles. The number of aryl methyl sites for hydroxylation is 1. The predicted molar refractivity (Wildman–Crippen MR) is 62.5 cm³/mol. The molecule has 1 aliphatic carbocycles. The molecule has 1 saturated carbocycles. The number of rotatable bonds is 4. The van der Waals surface area contributed by atoms with Crippen LogP contribution in [0.4, 0.5) is 5.69 Å². The van der Waals surface area contributed by atoms with Crippen molar-refractivity contribution in [2.45, 2.75) is 46.6 Å². The van der Waals surface area contributed by atoms with Crippen molar-refractivity contribution in [3.8, 4) is 0 Å². The Morgan fingerprint density at radius 2 is 2.27 bits per heavy atom. The first-order valence-corrected chi connectivity index (χ1v) is 5.78. The number of hydrogen-bond acceptors (Lipinski definition) is 2. The second-order valence-electron chi connectivity index (χ2n) is 5.44. The second-order valence-corrected chi connectivity index (χ2v) is 5.44. The fourth-order valence-corrected chi connectivity index (χ4v) is 2.24. The summed E-state index contributed by atoms with van der Waals surface area (Å²) in [6, 6.07) is 0. The van der Waals surface area contributed by atoms with E-state index in [4.69, 9.17) is 5.73 Å². The Hall–Kier alpha value is -0.990. The van der Waals surface area contributed by atoms with Crippen LogP contribution in [0.25, 0.3) is 0 Å². The van der Waals surface area contributed by atoms with Crippen LogP contribution in [-0.2, 0) is 6.54 Å². The first-order chi connectivity index (χ1) is 7.00. The molecule has 1 heterocycles. The molecule has 0 bridgehead atoms. The zero-order chi connectivity index (χ0) is 11.1. The third kappa shape index (κ3) is 2.16. The van der Waals surface area contributed by atoms with E-state index in [9.17, 15) is 0 Å². The molecule has 1 unspecified atom stereocenters. The molecule has 3 nitrogen and oxygen atoms in total. The lowest BCUT2D eigenvalue weighted by molar-refractivity contribution is 0.476. The summed E-state index contributed by atoms with van der Waals surface area (Å²) in [6.07, 6.45) is 5.69. The van der Waals surface area contributed by atoms with Crippen molar-refractivity contribution < 1.29 is 0 Å². The van der Waals surface area contributed by atoms with Crippen molar-refractivity contribution in [2.75, 3.05) is 5.73 Å². The first-order valence-electron chi connectivity index (χ1n) is 5.78. The van der Waals surface area contributed by atoms with Gasteiger partial charge in [0.25, 0.3) is 0 Å². The molecule has 0 saturated heterocycles. The maximum atomic E-state index is 5.74. The zero-order valence-electron chi connectivity index (χ0n) is 9.95. The van der Waals surface area contributed by atoms with Gasteiger partial charge in [0.2, 0.25) is 0 Å².